The normalized spacial score (nSPS) is 10.8. The molecule has 0 aromatic heterocycles. The van der Waals surface area contributed by atoms with Crippen LogP contribution in [0.2, 0.25) is 5.02 Å². The van der Waals surface area contributed by atoms with Crippen LogP contribution in [0.5, 0.6) is 17.2 Å². The van der Waals surface area contributed by atoms with E-state index in [2.05, 4.69) is 10.5 Å². The van der Waals surface area contributed by atoms with Gasteiger partial charge in [-0.2, -0.15) is 5.10 Å². The van der Waals surface area contributed by atoms with Gasteiger partial charge in [0, 0.05) is 21.7 Å². The van der Waals surface area contributed by atoms with Crippen molar-refractivity contribution in [3.05, 3.63) is 88.2 Å². The molecule has 0 radical (unpaired) electrons. The lowest BCUT2D eigenvalue weighted by atomic mass is 10.2. The Bertz CT molecular complexity index is 1120. The van der Waals surface area contributed by atoms with Gasteiger partial charge in [0.1, 0.15) is 18.2 Å². The Morgan fingerprint density at radius 2 is 1.84 bits per heavy atom. The second-order valence-electron chi connectivity index (χ2n) is 6.56. The molecule has 32 heavy (non-hydrogen) atoms. The summed E-state index contributed by atoms with van der Waals surface area (Å²) in [7, 11) is 1.50. The molecule has 3 aromatic rings. The number of hydrogen-bond acceptors (Lipinski definition) is 5. The van der Waals surface area contributed by atoms with Gasteiger partial charge in [-0.25, -0.2) is 9.82 Å². The van der Waals surface area contributed by atoms with Crippen LogP contribution >= 0.6 is 11.6 Å². The minimum atomic E-state index is -0.432. The van der Waals surface area contributed by atoms with Crippen LogP contribution in [0.3, 0.4) is 0 Å². The number of carbonyl (C=O) groups excluding carboxylic acids is 1. The number of carbonyl (C=O) groups is 1. The Kier molecular flexibility index (Phi) is 8.05. The predicted octanol–water partition coefficient (Wildman–Crippen LogP) is 5.23. The Morgan fingerprint density at radius 1 is 1.06 bits per heavy atom. The van der Waals surface area contributed by atoms with Crippen molar-refractivity contribution < 1.29 is 23.4 Å². The second kappa shape index (κ2) is 11.2. The summed E-state index contributed by atoms with van der Waals surface area (Å²) in [4.78, 5) is 12.5. The molecule has 0 spiro atoms. The van der Waals surface area contributed by atoms with Crippen molar-refractivity contribution in [1.29, 1.82) is 0 Å². The summed E-state index contributed by atoms with van der Waals surface area (Å²) in [6, 6.07) is 16.1. The number of hydrazone groups is 1. The summed E-state index contributed by atoms with van der Waals surface area (Å²) in [6.07, 6.45) is 1.41. The van der Waals surface area contributed by atoms with E-state index in [1.54, 1.807) is 54.6 Å². The van der Waals surface area contributed by atoms with Gasteiger partial charge in [-0.1, -0.05) is 29.8 Å². The standard InChI is InChI=1S/C24H22ClFN2O4/c1-3-31-22-10-8-16(13-23(22)30-2)24(29)28-27-14-18-12-19(25)9-11-21(18)32-15-17-6-4-5-7-20(17)26/h4-14H,3,15H2,1-2H3,(H,28,29)/b27-14+. The average Bonchev–Trinajstić information content (AvgIpc) is 2.80. The molecular weight excluding hydrogens is 435 g/mol. The number of ether oxygens (including phenoxy) is 3. The first-order valence-corrected chi connectivity index (χ1v) is 10.2. The fourth-order valence-corrected chi connectivity index (χ4v) is 3.01. The lowest BCUT2D eigenvalue weighted by Crippen LogP contribution is -2.17. The van der Waals surface area contributed by atoms with Gasteiger partial charge in [0.2, 0.25) is 0 Å². The molecular formula is C24H22ClFN2O4. The lowest BCUT2D eigenvalue weighted by Gasteiger charge is -2.11. The molecule has 0 atom stereocenters. The third-order valence-corrected chi connectivity index (χ3v) is 4.64. The van der Waals surface area contributed by atoms with Gasteiger partial charge in [-0.15, -0.1) is 0 Å². The summed E-state index contributed by atoms with van der Waals surface area (Å²) in [5.74, 6) is 0.652. The molecule has 0 aliphatic rings. The molecule has 0 saturated heterocycles. The summed E-state index contributed by atoms with van der Waals surface area (Å²) < 4.78 is 30.3. The van der Waals surface area contributed by atoms with E-state index >= 15 is 0 Å². The Morgan fingerprint density at radius 3 is 2.59 bits per heavy atom. The number of methoxy groups -OCH3 is 1. The second-order valence-corrected chi connectivity index (χ2v) is 7.00. The topological polar surface area (TPSA) is 69.2 Å². The van der Waals surface area contributed by atoms with Crippen LogP contribution in [0.4, 0.5) is 4.39 Å². The monoisotopic (exact) mass is 456 g/mol. The quantitative estimate of drug-likeness (QED) is 0.353. The van der Waals surface area contributed by atoms with Crippen LogP contribution in [0.25, 0.3) is 0 Å². The molecule has 3 aromatic carbocycles. The molecule has 0 bridgehead atoms. The highest BCUT2D eigenvalue weighted by atomic mass is 35.5. The van der Waals surface area contributed by atoms with Gasteiger partial charge < -0.3 is 14.2 Å². The molecule has 0 saturated carbocycles. The molecule has 0 unspecified atom stereocenters. The Balaban J connectivity index is 1.70. The van der Waals surface area contributed by atoms with Crippen molar-refractivity contribution in [2.24, 2.45) is 5.10 Å². The van der Waals surface area contributed by atoms with Gasteiger partial charge >= 0.3 is 0 Å². The van der Waals surface area contributed by atoms with E-state index < -0.39 is 5.91 Å². The van der Waals surface area contributed by atoms with Crippen LogP contribution in [0, 0.1) is 5.82 Å². The van der Waals surface area contributed by atoms with Crippen molar-refractivity contribution in [3.63, 3.8) is 0 Å². The van der Waals surface area contributed by atoms with Crippen molar-refractivity contribution in [1.82, 2.24) is 5.43 Å². The highest BCUT2D eigenvalue weighted by Crippen LogP contribution is 2.28. The van der Waals surface area contributed by atoms with Crippen LogP contribution in [-0.2, 0) is 6.61 Å². The number of nitrogens with one attached hydrogen (secondary N) is 1. The number of rotatable bonds is 9. The zero-order chi connectivity index (χ0) is 22.9. The molecule has 3 rings (SSSR count). The zero-order valence-corrected chi connectivity index (χ0v) is 18.4. The van der Waals surface area contributed by atoms with Gasteiger partial charge in [0.05, 0.1) is 19.9 Å². The number of benzene rings is 3. The van der Waals surface area contributed by atoms with Crippen molar-refractivity contribution in [2.45, 2.75) is 13.5 Å². The first kappa shape index (κ1) is 23.1. The molecule has 8 heteroatoms. The smallest absolute Gasteiger partial charge is 0.271 e. The van der Waals surface area contributed by atoms with Crippen molar-refractivity contribution in [2.75, 3.05) is 13.7 Å². The van der Waals surface area contributed by atoms with Gasteiger partial charge in [-0.3, -0.25) is 4.79 Å². The van der Waals surface area contributed by atoms with Gasteiger partial charge in [-0.05, 0) is 49.4 Å². The van der Waals surface area contributed by atoms with Gasteiger partial charge in [0.25, 0.3) is 5.91 Å². The molecule has 0 aliphatic heterocycles. The number of amides is 1. The SMILES string of the molecule is CCOc1ccc(C(=O)N/N=C/c2cc(Cl)ccc2OCc2ccccc2F)cc1OC. The number of halogens is 2. The summed E-state index contributed by atoms with van der Waals surface area (Å²) >= 11 is 6.08. The third-order valence-electron chi connectivity index (χ3n) is 4.41. The summed E-state index contributed by atoms with van der Waals surface area (Å²) in [5, 5.41) is 4.46. The van der Waals surface area contributed by atoms with Gasteiger partial charge in [0.15, 0.2) is 11.5 Å². The zero-order valence-electron chi connectivity index (χ0n) is 17.6. The van der Waals surface area contributed by atoms with Crippen molar-refractivity contribution in [3.8, 4) is 17.2 Å². The Labute approximate surface area is 190 Å². The summed E-state index contributed by atoms with van der Waals surface area (Å²) in [6.45, 7) is 2.37. The highest BCUT2D eigenvalue weighted by Gasteiger charge is 2.11. The molecule has 0 heterocycles. The number of nitrogens with zero attached hydrogens (tertiary/aromatic N) is 1. The fraction of sp³-hybridized carbons (Fsp3) is 0.167. The van der Waals surface area contributed by atoms with Crippen LogP contribution in [0.15, 0.2) is 65.8 Å². The molecule has 1 amide bonds. The van der Waals surface area contributed by atoms with Crippen LogP contribution in [-0.4, -0.2) is 25.8 Å². The lowest BCUT2D eigenvalue weighted by molar-refractivity contribution is 0.0954. The Hall–Kier alpha value is -3.58. The van der Waals surface area contributed by atoms with E-state index in [0.717, 1.165) is 0 Å². The van der Waals surface area contributed by atoms with E-state index in [4.69, 9.17) is 25.8 Å². The molecule has 0 aliphatic carbocycles. The van der Waals surface area contributed by atoms with E-state index in [0.29, 0.717) is 45.6 Å². The van der Waals surface area contributed by atoms with E-state index in [-0.39, 0.29) is 12.4 Å². The molecule has 0 fully saturated rings. The first-order valence-electron chi connectivity index (χ1n) is 9.81. The minimum absolute atomic E-state index is 0.0352. The molecule has 166 valence electrons. The maximum absolute atomic E-state index is 13.8. The van der Waals surface area contributed by atoms with E-state index in [1.807, 2.05) is 6.92 Å². The molecule has 1 N–H and O–H groups in total. The largest absolute Gasteiger partial charge is 0.493 e. The predicted molar refractivity (Wildman–Crippen MR) is 121 cm³/mol. The van der Waals surface area contributed by atoms with Crippen molar-refractivity contribution >= 4 is 23.7 Å². The van der Waals surface area contributed by atoms with Crippen LogP contribution in [0.1, 0.15) is 28.4 Å². The first-order chi connectivity index (χ1) is 15.5. The maximum atomic E-state index is 13.8. The van der Waals surface area contributed by atoms with E-state index in [1.165, 1.54) is 19.4 Å². The maximum Gasteiger partial charge on any atom is 0.271 e. The number of hydrogen-bond donors (Lipinski definition) is 1. The third kappa shape index (κ3) is 5.98. The fourth-order valence-electron chi connectivity index (χ4n) is 2.83. The summed E-state index contributed by atoms with van der Waals surface area (Å²) in [5.41, 5.74) is 3.75. The highest BCUT2D eigenvalue weighted by molar-refractivity contribution is 6.30. The van der Waals surface area contributed by atoms with Crippen LogP contribution < -0.4 is 19.6 Å². The van der Waals surface area contributed by atoms with E-state index in [9.17, 15) is 9.18 Å². The average molecular weight is 457 g/mol. The molecule has 6 nitrogen and oxygen atoms in total. The minimum Gasteiger partial charge on any atom is -0.493 e.